The highest BCUT2D eigenvalue weighted by Gasteiger charge is 2.53. The first-order valence-corrected chi connectivity index (χ1v) is 21.8. The minimum atomic E-state index is -0.523. The van der Waals surface area contributed by atoms with Gasteiger partial charge in [0, 0.05) is 32.1 Å². The number of rotatable bonds is 5. The predicted molar refractivity (Wildman–Crippen MR) is 254 cm³/mol. The summed E-state index contributed by atoms with van der Waals surface area (Å²) >= 11 is 3.48. The average Bonchev–Trinajstić information content (AvgIpc) is 3.91. The monoisotopic (exact) mass is 878 g/mol. The van der Waals surface area contributed by atoms with Gasteiger partial charge < -0.3 is 32.1 Å². The van der Waals surface area contributed by atoms with Gasteiger partial charge in [0.2, 0.25) is 0 Å². The van der Waals surface area contributed by atoms with E-state index >= 15 is 0 Å². The molecule has 0 radical (unpaired) electrons. The lowest BCUT2D eigenvalue weighted by atomic mass is 9.78. The van der Waals surface area contributed by atoms with Gasteiger partial charge in [0.1, 0.15) is 22.3 Å². The van der Waals surface area contributed by atoms with Crippen molar-refractivity contribution in [2.45, 2.75) is 97.7 Å². The number of fused-ring (bicyclic) bond motifs is 6. The average molecular weight is 880 g/mol. The molecular formula is C51H53B2BrO7. The second-order valence-corrected chi connectivity index (χ2v) is 18.9. The molecular weight excluding hydrogens is 826 g/mol. The van der Waals surface area contributed by atoms with E-state index in [2.05, 4.69) is 129 Å². The van der Waals surface area contributed by atoms with Crippen molar-refractivity contribution in [3.8, 4) is 22.3 Å². The number of hydrogen-bond acceptors (Lipinski definition) is 7. The number of hydrogen-bond donors (Lipinski definition) is 0. The van der Waals surface area contributed by atoms with Crippen LogP contribution in [0.5, 0.6) is 0 Å². The zero-order chi connectivity index (χ0) is 43.3. The van der Waals surface area contributed by atoms with Crippen LogP contribution in [0.3, 0.4) is 0 Å². The van der Waals surface area contributed by atoms with E-state index in [4.69, 9.17) is 32.1 Å². The smallest absolute Gasteiger partial charge is 0.456 e. The van der Waals surface area contributed by atoms with E-state index in [1.165, 1.54) is 27.5 Å². The minimum Gasteiger partial charge on any atom is -0.456 e. The summed E-state index contributed by atoms with van der Waals surface area (Å²) in [5, 5.41) is 4.65. The van der Waals surface area contributed by atoms with E-state index < -0.39 is 7.32 Å². The van der Waals surface area contributed by atoms with Crippen molar-refractivity contribution in [1.29, 1.82) is 0 Å². The van der Waals surface area contributed by atoms with Crippen LogP contribution in [0.4, 0.5) is 0 Å². The van der Waals surface area contributed by atoms with Crippen molar-refractivity contribution >= 4 is 79.7 Å². The Labute approximate surface area is 368 Å². The third-order valence-electron chi connectivity index (χ3n) is 12.3. The topological polar surface area (TPSA) is 72.4 Å². The highest BCUT2D eigenvalue weighted by molar-refractivity contribution is 9.10. The van der Waals surface area contributed by atoms with Crippen LogP contribution >= 0.6 is 15.9 Å². The van der Waals surface area contributed by atoms with Crippen molar-refractivity contribution in [3.63, 3.8) is 0 Å². The number of halogens is 1. The molecule has 61 heavy (non-hydrogen) atoms. The summed E-state index contributed by atoms with van der Waals surface area (Å²) in [5.41, 5.74) is 8.19. The van der Waals surface area contributed by atoms with Crippen LogP contribution in [-0.2, 0) is 23.3 Å². The molecule has 0 bridgehead atoms. The third-order valence-corrected chi connectivity index (χ3v) is 12.9. The SMILES string of the molecule is Brc1ccc(-c2cccc3oc4ccccc4c23)cc1.CC(C)OB1OC(C)(C)C(C)(C)O1.CC1(C)OB(c2ccc(-c3cccc4oc5ccccc5c34)cc2)OC1(C)C. The molecule has 2 aliphatic heterocycles. The van der Waals surface area contributed by atoms with E-state index in [0.717, 1.165) is 48.6 Å². The Morgan fingerprint density at radius 3 is 1.30 bits per heavy atom. The van der Waals surface area contributed by atoms with Gasteiger partial charge in [0.15, 0.2) is 0 Å². The first-order chi connectivity index (χ1) is 28.9. The molecule has 7 nitrogen and oxygen atoms in total. The van der Waals surface area contributed by atoms with Crippen LogP contribution in [0.15, 0.2) is 147 Å². The summed E-state index contributed by atoms with van der Waals surface area (Å²) < 4.78 is 42.1. The summed E-state index contributed by atoms with van der Waals surface area (Å²) in [4.78, 5) is 0. The molecule has 2 aromatic heterocycles. The zero-order valence-corrected chi connectivity index (χ0v) is 38.3. The van der Waals surface area contributed by atoms with E-state index in [1.54, 1.807) is 0 Å². The highest BCUT2D eigenvalue weighted by Crippen LogP contribution is 2.40. The van der Waals surface area contributed by atoms with Gasteiger partial charge in [0.25, 0.3) is 0 Å². The van der Waals surface area contributed by atoms with Crippen molar-refractivity contribution in [2.24, 2.45) is 0 Å². The lowest BCUT2D eigenvalue weighted by Crippen LogP contribution is -2.41. The predicted octanol–water partition coefficient (Wildman–Crippen LogP) is 13.6. The first kappa shape index (κ1) is 43.0. The van der Waals surface area contributed by atoms with E-state index in [-0.39, 0.29) is 35.6 Å². The van der Waals surface area contributed by atoms with Crippen molar-refractivity contribution in [2.75, 3.05) is 0 Å². The van der Waals surface area contributed by atoms with Crippen LogP contribution < -0.4 is 5.46 Å². The fraction of sp³-hybridized carbons (Fsp3) is 0.294. The third kappa shape index (κ3) is 8.59. The van der Waals surface area contributed by atoms with Crippen LogP contribution in [0, 0.1) is 0 Å². The Hall–Kier alpha value is -4.67. The lowest BCUT2D eigenvalue weighted by molar-refractivity contribution is 0.00578. The van der Waals surface area contributed by atoms with Gasteiger partial charge in [-0.3, -0.25) is 0 Å². The second kappa shape index (κ2) is 16.6. The fourth-order valence-electron chi connectivity index (χ4n) is 7.53. The van der Waals surface area contributed by atoms with Gasteiger partial charge in [0.05, 0.1) is 22.4 Å². The maximum Gasteiger partial charge on any atom is 0.640 e. The van der Waals surface area contributed by atoms with Crippen molar-refractivity contribution in [1.82, 2.24) is 0 Å². The molecule has 0 atom stereocenters. The molecule has 0 amide bonds. The molecule has 10 rings (SSSR count). The molecule has 0 spiro atoms. The van der Waals surface area contributed by atoms with E-state index in [1.807, 2.05) is 90.1 Å². The van der Waals surface area contributed by atoms with Crippen LogP contribution in [0.2, 0.25) is 0 Å². The van der Waals surface area contributed by atoms with Gasteiger partial charge >= 0.3 is 14.4 Å². The minimum absolute atomic E-state index is 0.120. The molecule has 6 aromatic carbocycles. The molecule has 2 saturated heterocycles. The molecule has 0 unspecified atom stereocenters. The molecule has 2 fully saturated rings. The molecule has 0 aliphatic carbocycles. The summed E-state index contributed by atoms with van der Waals surface area (Å²) in [6.45, 7) is 20.3. The Balaban J connectivity index is 0.000000136. The normalized spacial score (nSPS) is 17.5. The van der Waals surface area contributed by atoms with Crippen LogP contribution in [-0.4, -0.2) is 42.9 Å². The molecule has 312 valence electrons. The second-order valence-electron chi connectivity index (χ2n) is 18.0. The van der Waals surface area contributed by atoms with Crippen molar-refractivity contribution in [3.05, 3.63) is 138 Å². The number of furan rings is 2. The highest BCUT2D eigenvalue weighted by atomic mass is 79.9. The first-order valence-electron chi connectivity index (χ1n) is 21.0. The summed E-state index contributed by atoms with van der Waals surface area (Å²) in [7, 11) is -0.866. The molecule has 0 N–H and O–H groups in total. The van der Waals surface area contributed by atoms with Gasteiger partial charge in [-0.15, -0.1) is 0 Å². The molecule has 2 aliphatic rings. The van der Waals surface area contributed by atoms with Gasteiger partial charge in [-0.1, -0.05) is 113 Å². The van der Waals surface area contributed by atoms with Gasteiger partial charge in [-0.05, 0) is 133 Å². The standard InChI is InChI=1S/C24H23BO3.C18H11BrO.C9H19BO3/c1-23(2)24(3,4)28-25(27-23)17-14-12-16(13-15-17)18-9-7-11-21-22(18)19-8-5-6-10-20(19)26-21;19-13-10-8-12(9-11-13)14-5-3-7-17-18(14)15-4-1-2-6-16(15)20-17;1-7(2)11-10-12-8(3,4)9(5,6)13-10/h5-15H,1-4H3;1-11H;7H,1-6H3. The lowest BCUT2D eigenvalue weighted by Gasteiger charge is -2.32. The summed E-state index contributed by atoms with van der Waals surface area (Å²) in [5.74, 6) is 0. The number of para-hydroxylation sites is 2. The summed E-state index contributed by atoms with van der Waals surface area (Å²) in [6, 6.07) is 45.6. The maximum absolute atomic E-state index is 6.17. The Kier molecular flexibility index (Phi) is 11.7. The van der Waals surface area contributed by atoms with Crippen molar-refractivity contribution < 1.29 is 32.1 Å². The largest absolute Gasteiger partial charge is 0.640 e. The van der Waals surface area contributed by atoms with E-state index in [9.17, 15) is 0 Å². The van der Waals surface area contributed by atoms with Crippen LogP contribution in [0.25, 0.3) is 66.1 Å². The van der Waals surface area contributed by atoms with Crippen LogP contribution in [0.1, 0.15) is 69.2 Å². The number of benzene rings is 6. The van der Waals surface area contributed by atoms with Gasteiger partial charge in [-0.2, -0.15) is 0 Å². The summed E-state index contributed by atoms with van der Waals surface area (Å²) in [6.07, 6.45) is 0.120. The quantitative estimate of drug-likeness (QED) is 0.159. The molecule has 0 saturated carbocycles. The zero-order valence-electron chi connectivity index (χ0n) is 36.7. The molecule has 4 heterocycles. The van der Waals surface area contributed by atoms with Gasteiger partial charge in [-0.25, -0.2) is 0 Å². The maximum atomic E-state index is 6.17. The Morgan fingerprint density at radius 1 is 0.459 bits per heavy atom. The van der Waals surface area contributed by atoms with E-state index in [0.29, 0.717) is 0 Å². The Bertz CT molecular complexity index is 2770. The Morgan fingerprint density at radius 2 is 0.852 bits per heavy atom. The fourth-order valence-corrected chi connectivity index (χ4v) is 7.79. The molecule has 10 heteroatoms. The molecule has 8 aromatic rings.